The second kappa shape index (κ2) is 3.87. The summed E-state index contributed by atoms with van der Waals surface area (Å²) >= 11 is 0. The average molecular weight is 230 g/mol. The summed E-state index contributed by atoms with van der Waals surface area (Å²) in [7, 11) is 1.39. The molecule has 4 heteroatoms. The van der Waals surface area contributed by atoms with E-state index in [4.69, 9.17) is 4.74 Å². The summed E-state index contributed by atoms with van der Waals surface area (Å²) in [4.78, 5) is 19.5. The first-order chi connectivity index (χ1) is 8.29. The molecule has 17 heavy (non-hydrogen) atoms. The summed E-state index contributed by atoms with van der Waals surface area (Å²) in [5, 5.41) is 0. The summed E-state index contributed by atoms with van der Waals surface area (Å²) < 4.78 is 4.76. The number of imidazole rings is 1. The Hall–Kier alpha value is -1.84. The molecular formula is C13H14N2O2. The van der Waals surface area contributed by atoms with Gasteiger partial charge in [-0.3, -0.25) is 0 Å². The molecule has 0 unspecified atom stereocenters. The van der Waals surface area contributed by atoms with Gasteiger partial charge in [0.05, 0.1) is 18.2 Å². The zero-order valence-corrected chi connectivity index (χ0v) is 9.69. The van der Waals surface area contributed by atoms with Gasteiger partial charge >= 0.3 is 5.97 Å². The van der Waals surface area contributed by atoms with E-state index in [2.05, 4.69) is 9.97 Å². The highest BCUT2D eigenvalue weighted by atomic mass is 16.5. The highest BCUT2D eigenvalue weighted by Crippen LogP contribution is 2.35. The maximum atomic E-state index is 11.6. The maximum Gasteiger partial charge on any atom is 0.340 e. The molecule has 1 aromatic heterocycles. The van der Waals surface area contributed by atoms with Crippen LogP contribution in [0.5, 0.6) is 0 Å². The van der Waals surface area contributed by atoms with Crippen LogP contribution in [0, 0.1) is 0 Å². The maximum absolute atomic E-state index is 11.6. The predicted octanol–water partition coefficient (Wildman–Crippen LogP) is 2.62. The molecule has 1 aliphatic rings. The van der Waals surface area contributed by atoms with Crippen molar-refractivity contribution in [3.8, 4) is 0 Å². The first-order valence-electron chi connectivity index (χ1n) is 5.86. The fourth-order valence-corrected chi connectivity index (χ4v) is 2.20. The third kappa shape index (κ3) is 1.60. The summed E-state index contributed by atoms with van der Waals surface area (Å²) in [6, 6.07) is 5.54. The van der Waals surface area contributed by atoms with Crippen molar-refractivity contribution in [2.75, 3.05) is 7.11 Å². The van der Waals surface area contributed by atoms with Crippen molar-refractivity contribution < 1.29 is 9.53 Å². The first-order valence-corrected chi connectivity index (χ1v) is 5.86. The van der Waals surface area contributed by atoms with E-state index in [9.17, 15) is 4.79 Å². The summed E-state index contributed by atoms with van der Waals surface area (Å²) in [6.45, 7) is 0. The molecule has 0 spiro atoms. The number of rotatable bonds is 2. The number of aromatic nitrogens is 2. The number of methoxy groups -OCH3 is 1. The van der Waals surface area contributed by atoms with E-state index in [0.717, 1.165) is 16.9 Å². The van der Waals surface area contributed by atoms with Gasteiger partial charge in [-0.05, 0) is 25.0 Å². The number of ether oxygens (including phenoxy) is 1. The summed E-state index contributed by atoms with van der Waals surface area (Å²) in [6.07, 6.45) is 3.65. The van der Waals surface area contributed by atoms with E-state index in [-0.39, 0.29) is 5.97 Å². The van der Waals surface area contributed by atoms with Gasteiger partial charge in [-0.2, -0.15) is 0 Å². The van der Waals surface area contributed by atoms with E-state index in [1.807, 2.05) is 12.1 Å². The lowest BCUT2D eigenvalue weighted by atomic mass is 9.85. The van der Waals surface area contributed by atoms with Gasteiger partial charge in [0.2, 0.25) is 0 Å². The number of aromatic amines is 1. The summed E-state index contributed by atoms with van der Waals surface area (Å²) in [5.74, 6) is 1.21. The number of fused-ring (bicyclic) bond motifs is 1. The number of hydrogen-bond donors (Lipinski definition) is 1. The fourth-order valence-electron chi connectivity index (χ4n) is 2.20. The van der Waals surface area contributed by atoms with Crippen LogP contribution >= 0.6 is 0 Å². The quantitative estimate of drug-likeness (QED) is 0.807. The predicted molar refractivity (Wildman–Crippen MR) is 64.0 cm³/mol. The molecule has 1 N–H and O–H groups in total. The highest BCUT2D eigenvalue weighted by molar-refractivity contribution is 6.01. The van der Waals surface area contributed by atoms with Gasteiger partial charge in [0.1, 0.15) is 11.3 Å². The molecule has 1 aliphatic carbocycles. The van der Waals surface area contributed by atoms with Crippen molar-refractivity contribution in [3.05, 3.63) is 29.6 Å². The van der Waals surface area contributed by atoms with Gasteiger partial charge in [0.15, 0.2) is 0 Å². The third-order valence-corrected chi connectivity index (χ3v) is 3.43. The molecule has 4 nitrogen and oxygen atoms in total. The Balaban J connectivity index is 2.11. The number of carbonyl (C=O) groups is 1. The Morgan fingerprint density at radius 2 is 2.29 bits per heavy atom. The minimum atomic E-state index is -0.331. The molecule has 0 atom stereocenters. The number of carbonyl (C=O) groups excluding carboxylic acids is 1. The van der Waals surface area contributed by atoms with Crippen LogP contribution in [0.2, 0.25) is 0 Å². The Bertz CT molecular complexity index is 570. The van der Waals surface area contributed by atoms with Crippen LogP contribution in [0.4, 0.5) is 0 Å². The lowest BCUT2D eigenvalue weighted by Gasteiger charge is -2.22. The smallest absolute Gasteiger partial charge is 0.340 e. The van der Waals surface area contributed by atoms with Gasteiger partial charge < -0.3 is 9.72 Å². The van der Waals surface area contributed by atoms with E-state index in [1.54, 1.807) is 6.07 Å². The van der Waals surface area contributed by atoms with Crippen molar-refractivity contribution in [3.63, 3.8) is 0 Å². The molecule has 0 radical (unpaired) electrons. The van der Waals surface area contributed by atoms with Crippen molar-refractivity contribution in [1.29, 1.82) is 0 Å². The minimum absolute atomic E-state index is 0.331. The standard InChI is InChI=1S/C13H14N2O2/c1-17-13(16)9-6-3-7-10-11(9)15-12(14-10)8-4-2-5-8/h3,6-8H,2,4-5H2,1H3,(H,14,15). The lowest BCUT2D eigenvalue weighted by Crippen LogP contribution is -2.10. The Morgan fingerprint density at radius 3 is 2.94 bits per heavy atom. The van der Waals surface area contributed by atoms with Crippen LogP contribution in [-0.2, 0) is 4.74 Å². The zero-order valence-electron chi connectivity index (χ0n) is 9.69. The van der Waals surface area contributed by atoms with E-state index in [1.165, 1.54) is 26.4 Å². The number of para-hydroxylation sites is 1. The molecule has 3 rings (SSSR count). The molecule has 1 fully saturated rings. The number of esters is 1. The third-order valence-electron chi connectivity index (χ3n) is 3.43. The van der Waals surface area contributed by atoms with Gasteiger partial charge in [0, 0.05) is 5.92 Å². The Kier molecular flexibility index (Phi) is 2.35. The normalized spacial score (nSPS) is 15.8. The van der Waals surface area contributed by atoms with Crippen LogP contribution in [0.3, 0.4) is 0 Å². The zero-order chi connectivity index (χ0) is 11.8. The van der Waals surface area contributed by atoms with E-state index in [0.29, 0.717) is 11.5 Å². The van der Waals surface area contributed by atoms with Crippen molar-refractivity contribution >= 4 is 17.0 Å². The van der Waals surface area contributed by atoms with Crippen LogP contribution < -0.4 is 0 Å². The summed E-state index contributed by atoms with van der Waals surface area (Å²) in [5.41, 5.74) is 2.17. The molecule has 0 bridgehead atoms. The molecule has 1 aromatic carbocycles. The Labute approximate surface area is 99.0 Å². The minimum Gasteiger partial charge on any atom is -0.465 e. The number of hydrogen-bond acceptors (Lipinski definition) is 3. The van der Waals surface area contributed by atoms with Gasteiger partial charge in [0.25, 0.3) is 0 Å². The van der Waals surface area contributed by atoms with Crippen molar-refractivity contribution in [2.24, 2.45) is 0 Å². The lowest BCUT2D eigenvalue weighted by molar-refractivity contribution is 0.0603. The number of H-pyrrole nitrogens is 1. The number of benzene rings is 1. The molecule has 2 aromatic rings. The van der Waals surface area contributed by atoms with Crippen LogP contribution in [0.25, 0.3) is 11.0 Å². The Morgan fingerprint density at radius 1 is 1.47 bits per heavy atom. The molecular weight excluding hydrogens is 216 g/mol. The molecule has 0 saturated heterocycles. The SMILES string of the molecule is COC(=O)c1cccc2[nH]c(C3CCC3)nc12. The van der Waals surface area contributed by atoms with Crippen molar-refractivity contribution in [2.45, 2.75) is 25.2 Å². The van der Waals surface area contributed by atoms with Crippen LogP contribution in [-0.4, -0.2) is 23.0 Å². The second-order valence-electron chi connectivity index (χ2n) is 4.44. The topological polar surface area (TPSA) is 55.0 Å². The monoisotopic (exact) mass is 230 g/mol. The van der Waals surface area contributed by atoms with Crippen molar-refractivity contribution in [1.82, 2.24) is 9.97 Å². The molecule has 1 heterocycles. The molecule has 0 amide bonds. The van der Waals surface area contributed by atoms with Gasteiger partial charge in [-0.1, -0.05) is 12.5 Å². The van der Waals surface area contributed by atoms with Crippen LogP contribution in [0.1, 0.15) is 41.4 Å². The van der Waals surface area contributed by atoms with Gasteiger partial charge in [-0.15, -0.1) is 0 Å². The van der Waals surface area contributed by atoms with E-state index >= 15 is 0 Å². The first kappa shape index (κ1) is 10.3. The second-order valence-corrected chi connectivity index (χ2v) is 4.44. The van der Waals surface area contributed by atoms with Gasteiger partial charge in [-0.25, -0.2) is 9.78 Å². The largest absolute Gasteiger partial charge is 0.465 e. The molecule has 1 saturated carbocycles. The highest BCUT2D eigenvalue weighted by Gasteiger charge is 2.23. The molecule has 88 valence electrons. The van der Waals surface area contributed by atoms with E-state index < -0.39 is 0 Å². The molecule has 0 aliphatic heterocycles. The fraction of sp³-hybridized carbons (Fsp3) is 0.385. The number of nitrogens with zero attached hydrogens (tertiary/aromatic N) is 1. The van der Waals surface area contributed by atoms with Crippen LogP contribution in [0.15, 0.2) is 18.2 Å². The average Bonchev–Trinajstić information content (AvgIpc) is 2.68. The number of nitrogens with one attached hydrogen (secondary N) is 1.